The van der Waals surface area contributed by atoms with E-state index in [0.717, 1.165) is 70.6 Å². The highest BCUT2D eigenvalue weighted by atomic mass is 35.5. The Morgan fingerprint density at radius 3 is 2.79 bits per heavy atom. The van der Waals surface area contributed by atoms with Crippen LogP contribution in [0.5, 0.6) is 0 Å². The second kappa shape index (κ2) is 10.0. The minimum Gasteiger partial charge on any atom is -0.379 e. The van der Waals surface area contributed by atoms with E-state index in [-0.39, 0.29) is 5.78 Å². The summed E-state index contributed by atoms with van der Waals surface area (Å²) in [6, 6.07) is 7.66. The van der Waals surface area contributed by atoms with Gasteiger partial charge in [-0.2, -0.15) is 0 Å². The Balaban J connectivity index is 1.65. The number of nitrogens with zero attached hydrogens (tertiary/aromatic N) is 2. The SMILES string of the molecule is CN(C(=S)NCCCN1CCOCC1)C1(c2ccccc2Cl)CCCCC1=O. The molecule has 1 aromatic carbocycles. The first-order chi connectivity index (χ1) is 13.6. The number of nitrogens with one attached hydrogen (secondary N) is 1. The number of ketones is 1. The topological polar surface area (TPSA) is 44.8 Å². The first-order valence-corrected chi connectivity index (χ1v) is 10.9. The summed E-state index contributed by atoms with van der Waals surface area (Å²) in [5.41, 5.74) is 0.0894. The van der Waals surface area contributed by atoms with E-state index >= 15 is 0 Å². The van der Waals surface area contributed by atoms with Gasteiger partial charge in [-0.25, -0.2) is 0 Å². The third-order valence-corrected chi connectivity index (χ3v) is 6.63. The van der Waals surface area contributed by atoms with Gasteiger partial charge in [0.05, 0.1) is 13.2 Å². The molecule has 3 rings (SSSR count). The van der Waals surface area contributed by atoms with Crippen molar-refractivity contribution in [2.45, 2.75) is 37.6 Å². The van der Waals surface area contributed by atoms with Crippen molar-refractivity contribution in [2.75, 3.05) is 46.4 Å². The van der Waals surface area contributed by atoms with Gasteiger partial charge in [0.25, 0.3) is 0 Å². The van der Waals surface area contributed by atoms with Crippen LogP contribution in [-0.2, 0) is 15.1 Å². The molecular formula is C21H30ClN3O2S. The number of carbonyl (C=O) groups excluding carboxylic acids is 1. The van der Waals surface area contributed by atoms with Gasteiger partial charge in [-0.3, -0.25) is 9.69 Å². The third kappa shape index (κ3) is 4.67. The van der Waals surface area contributed by atoms with Gasteiger partial charge >= 0.3 is 0 Å². The molecule has 1 heterocycles. The molecule has 0 spiro atoms. The Hall–Kier alpha value is -1.21. The summed E-state index contributed by atoms with van der Waals surface area (Å²) in [4.78, 5) is 17.5. The maximum atomic E-state index is 13.1. The van der Waals surface area contributed by atoms with Gasteiger partial charge in [0, 0.05) is 43.7 Å². The second-order valence-electron chi connectivity index (χ2n) is 7.57. The normalized spacial score (nSPS) is 23.4. The molecule has 0 bridgehead atoms. The summed E-state index contributed by atoms with van der Waals surface area (Å²) in [6.07, 6.45) is 4.22. The molecule has 1 saturated heterocycles. The maximum absolute atomic E-state index is 13.1. The fourth-order valence-corrected chi connectivity index (χ4v) is 4.79. The van der Waals surface area contributed by atoms with Crippen LogP contribution in [0.1, 0.15) is 37.7 Å². The average Bonchev–Trinajstić information content (AvgIpc) is 2.72. The van der Waals surface area contributed by atoms with E-state index in [1.165, 1.54) is 0 Å². The van der Waals surface area contributed by atoms with Gasteiger partial charge in [0.15, 0.2) is 10.9 Å². The fraction of sp³-hybridized carbons (Fsp3) is 0.619. The van der Waals surface area contributed by atoms with Crippen molar-refractivity contribution < 1.29 is 9.53 Å². The molecule has 1 saturated carbocycles. The number of thiocarbonyl (C=S) groups is 1. The van der Waals surface area contributed by atoms with Gasteiger partial charge in [-0.1, -0.05) is 29.8 Å². The van der Waals surface area contributed by atoms with Gasteiger partial charge in [0.1, 0.15) is 5.54 Å². The van der Waals surface area contributed by atoms with Crippen LogP contribution in [-0.4, -0.2) is 67.1 Å². The van der Waals surface area contributed by atoms with Crippen molar-refractivity contribution in [3.63, 3.8) is 0 Å². The lowest BCUT2D eigenvalue weighted by Crippen LogP contribution is -2.56. The Bertz CT molecular complexity index is 696. The number of carbonyl (C=O) groups is 1. The molecule has 1 atom stereocenters. The number of rotatable bonds is 6. The Kier molecular flexibility index (Phi) is 7.69. The molecule has 1 unspecified atom stereocenters. The minimum atomic E-state index is -0.773. The first-order valence-electron chi connectivity index (χ1n) is 10.2. The van der Waals surface area contributed by atoms with E-state index in [1.54, 1.807) is 0 Å². The van der Waals surface area contributed by atoms with E-state index in [2.05, 4.69) is 10.2 Å². The number of likely N-dealkylation sites (N-methyl/N-ethyl adjacent to an activating group) is 1. The summed E-state index contributed by atoms with van der Waals surface area (Å²) in [7, 11) is 1.92. The molecule has 1 aliphatic heterocycles. The number of hydrogen-bond donors (Lipinski definition) is 1. The van der Waals surface area contributed by atoms with Crippen molar-refractivity contribution in [3.8, 4) is 0 Å². The molecule has 1 aliphatic carbocycles. The highest BCUT2D eigenvalue weighted by Crippen LogP contribution is 2.42. The van der Waals surface area contributed by atoms with Crippen molar-refractivity contribution in [2.24, 2.45) is 0 Å². The quantitative estimate of drug-likeness (QED) is 0.560. The Labute approximate surface area is 178 Å². The Morgan fingerprint density at radius 1 is 1.32 bits per heavy atom. The molecule has 154 valence electrons. The van der Waals surface area contributed by atoms with Gasteiger partial charge in [-0.05, 0) is 50.5 Å². The second-order valence-corrected chi connectivity index (χ2v) is 8.36. The van der Waals surface area contributed by atoms with E-state index in [4.69, 9.17) is 28.6 Å². The number of benzene rings is 1. The zero-order valence-electron chi connectivity index (χ0n) is 16.6. The van der Waals surface area contributed by atoms with E-state index < -0.39 is 5.54 Å². The number of hydrogen-bond acceptors (Lipinski definition) is 4. The lowest BCUT2D eigenvalue weighted by Gasteiger charge is -2.45. The summed E-state index contributed by atoms with van der Waals surface area (Å²) >= 11 is 12.2. The van der Waals surface area contributed by atoms with E-state index in [0.29, 0.717) is 16.6 Å². The highest BCUT2D eigenvalue weighted by Gasteiger charge is 2.47. The summed E-state index contributed by atoms with van der Waals surface area (Å²) < 4.78 is 5.39. The lowest BCUT2D eigenvalue weighted by molar-refractivity contribution is -0.131. The average molecular weight is 424 g/mol. The van der Waals surface area contributed by atoms with Crippen LogP contribution in [0, 0.1) is 0 Å². The predicted octanol–water partition coefficient (Wildman–Crippen LogP) is 3.21. The Morgan fingerprint density at radius 2 is 2.07 bits per heavy atom. The smallest absolute Gasteiger partial charge is 0.169 e. The predicted molar refractivity (Wildman–Crippen MR) is 117 cm³/mol. The molecule has 7 heteroatoms. The van der Waals surface area contributed by atoms with E-state index in [1.807, 2.05) is 36.2 Å². The number of morpholine rings is 1. The summed E-state index contributed by atoms with van der Waals surface area (Å²) in [6.45, 7) is 5.43. The van der Waals surface area contributed by atoms with Crippen LogP contribution in [0.15, 0.2) is 24.3 Å². The molecular weight excluding hydrogens is 394 g/mol. The summed E-state index contributed by atoms with van der Waals surface area (Å²) in [5, 5.41) is 4.59. The molecule has 2 fully saturated rings. The van der Waals surface area contributed by atoms with Crippen LogP contribution in [0.4, 0.5) is 0 Å². The minimum absolute atomic E-state index is 0.201. The van der Waals surface area contributed by atoms with Crippen molar-refractivity contribution >= 4 is 34.7 Å². The molecule has 0 aromatic heterocycles. The number of Topliss-reactive ketones (excluding diaryl/α,β-unsaturated/α-hetero) is 1. The van der Waals surface area contributed by atoms with Crippen LogP contribution in [0.2, 0.25) is 5.02 Å². The monoisotopic (exact) mass is 423 g/mol. The van der Waals surface area contributed by atoms with Crippen LogP contribution < -0.4 is 5.32 Å². The van der Waals surface area contributed by atoms with Crippen molar-refractivity contribution in [1.82, 2.24) is 15.1 Å². The molecule has 1 N–H and O–H groups in total. The van der Waals surface area contributed by atoms with Gasteiger partial charge < -0.3 is 15.0 Å². The fourth-order valence-electron chi connectivity index (χ4n) is 4.24. The number of halogens is 1. The molecule has 2 aliphatic rings. The summed E-state index contributed by atoms with van der Waals surface area (Å²) in [5.74, 6) is 0.201. The van der Waals surface area contributed by atoms with E-state index in [9.17, 15) is 4.79 Å². The lowest BCUT2D eigenvalue weighted by atomic mass is 9.74. The van der Waals surface area contributed by atoms with Gasteiger partial charge in [0.2, 0.25) is 0 Å². The standard InChI is InChI=1S/C21H30ClN3O2S/c1-24(20(28)23-11-6-12-25-13-15-27-16-14-25)21(10-5-4-9-19(21)26)17-7-2-3-8-18(17)22/h2-3,7-8H,4-6,9-16H2,1H3,(H,23,28). The molecule has 28 heavy (non-hydrogen) atoms. The number of ether oxygens (including phenoxy) is 1. The van der Waals surface area contributed by atoms with Crippen molar-refractivity contribution in [1.29, 1.82) is 0 Å². The highest BCUT2D eigenvalue weighted by molar-refractivity contribution is 7.80. The third-order valence-electron chi connectivity index (χ3n) is 5.88. The van der Waals surface area contributed by atoms with Gasteiger partial charge in [-0.15, -0.1) is 0 Å². The largest absolute Gasteiger partial charge is 0.379 e. The molecule has 1 aromatic rings. The molecule has 0 radical (unpaired) electrons. The molecule has 5 nitrogen and oxygen atoms in total. The van der Waals surface area contributed by atoms with Crippen LogP contribution in [0.3, 0.4) is 0 Å². The van der Waals surface area contributed by atoms with Crippen LogP contribution in [0.25, 0.3) is 0 Å². The molecule has 0 amide bonds. The van der Waals surface area contributed by atoms with Crippen molar-refractivity contribution in [3.05, 3.63) is 34.9 Å². The zero-order valence-corrected chi connectivity index (χ0v) is 18.2. The zero-order chi connectivity index (χ0) is 20.0. The maximum Gasteiger partial charge on any atom is 0.169 e. The van der Waals surface area contributed by atoms with Crippen LogP contribution >= 0.6 is 23.8 Å². The first kappa shape index (κ1) is 21.5.